The second-order valence-corrected chi connectivity index (χ2v) is 4.87. The van der Waals surface area contributed by atoms with Gasteiger partial charge in [-0.25, -0.2) is 0 Å². The van der Waals surface area contributed by atoms with Gasteiger partial charge in [0.2, 0.25) is 0 Å². The Bertz CT molecular complexity index is 275. The number of thioether (sulfide) groups is 1. The fourth-order valence-corrected chi connectivity index (χ4v) is 2.19. The van der Waals surface area contributed by atoms with Crippen molar-refractivity contribution in [1.29, 1.82) is 0 Å². The van der Waals surface area contributed by atoms with Crippen LogP contribution in [0.25, 0.3) is 0 Å². The minimum absolute atomic E-state index is 0.363. The topological polar surface area (TPSA) is 38.0 Å². The molecule has 0 saturated heterocycles. The molecule has 1 atom stereocenters. The van der Waals surface area contributed by atoms with Crippen LogP contribution in [0, 0.1) is 0 Å². The predicted molar refractivity (Wildman–Crippen MR) is 65.1 cm³/mol. The van der Waals surface area contributed by atoms with E-state index in [0.717, 1.165) is 36.6 Å². The molecule has 0 saturated carbocycles. The Morgan fingerprint density at radius 3 is 3.00 bits per heavy atom. The van der Waals surface area contributed by atoms with Crippen LogP contribution in [0.3, 0.4) is 0 Å². The third-order valence-corrected chi connectivity index (χ3v) is 3.20. The van der Waals surface area contributed by atoms with Gasteiger partial charge in [-0.05, 0) is 30.4 Å². The predicted octanol–water partition coefficient (Wildman–Crippen LogP) is 2.47. The molecule has 1 N–H and O–H groups in total. The average Bonchev–Trinajstić information content (AvgIpc) is 2.67. The molecule has 0 aliphatic carbocycles. The smallest absolute Gasteiger partial charge is 0.0964 e. The molecule has 1 unspecified atom stereocenters. The molecule has 0 amide bonds. The van der Waals surface area contributed by atoms with Crippen LogP contribution >= 0.6 is 11.8 Å². The summed E-state index contributed by atoms with van der Waals surface area (Å²) in [6, 6.07) is 1.91. The third kappa shape index (κ3) is 3.87. The van der Waals surface area contributed by atoms with E-state index in [1.165, 1.54) is 0 Å². The number of aryl methyl sites for hydroxylation is 1. The normalized spacial score (nSPS) is 13.0. The molecule has 86 valence electrons. The molecule has 0 aromatic carbocycles. The third-order valence-electron chi connectivity index (χ3n) is 2.27. The summed E-state index contributed by atoms with van der Waals surface area (Å²) >= 11 is 1.86. The number of aromatic nitrogens is 2. The van der Waals surface area contributed by atoms with E-state index in [1.54, 1.807) is 6.20 Å². The maximum Gasteiger partial charge on any atom is 0.0964 e. The molecule has 0 spiro atoms. The molecular weight excluding hydrogens is 208 g/mol. The zero-order valence-corrected chi connectivity index (χ0v) is 10.3. The van der Waals surface area contributed by atoms with Crippen LogP contribution in [0.15, 0.2) is 12.3 Å². The largest absolute Gasteiger partial charge is 0.387 e. The summed E-state index contributed by atoms with van der Waals surface area (Å²) in [6.07, 6.45) is 3.26. The Kier molecular flexibility index (Phi) is 5.79. The van der Waals surface area contributed by atoms with Gasteiger partial charge in [0.1, 0.15) is 0 Å². The maximum absolute atomic E-state index is 9.97. The molecule has 1 heterocycles. The SMILES string of the molecule is CCCn1nccc1C(O)CCSCC. The minimum Gasteiger partial charge on any atom is -0.387 e. The highest BCUT2D eigenvalue weighted by atomic mass is 32.2. The van der Waals surface area contributed by atoms with Gasteiger partial charge in [0.25, 0.3) is 0 Å². The van der Waals surface area contributed by atoms with E-state index < -0.39 is 0 Å². The van der Waals surface area contributed by atoms with Crippen LogP contribution in [0.4, 0.5) is 0 Å². The van der Waals surface area contributed by atoms with Crippen molar-refractivity contribution >= 4 is 11.8 Å². The van der Waals surface area contributed by atoms with E-state index in [4.69, 9.17) is 0 Å². The monoisotopic (exact) mass is 228 g/mol. The highest BCUT2D eigenvalue weighted by Crippen LogP contribution is 2.18. The molecule has 1 rings (SSSR count). The highest BCUT2D eigenvalue weighted by Gasteiger charge is 2.11. The van der Waals surface area contributed by atoms with Crippen molar-refractivity contribution in [2.75, 3.05) is 11.5 Å². The van der Waals surface area contributed by atoms with Gasteiger partial charge in [-0.3, -0.25) is 4.68 Å². The van der Waals surface area contributed by atoms with E-state index in [9.17, 15) is 5.11 Å². The van der Waals surface area contributed by atoms with Crippen LogP contribution in [0.1, 0.15) is 38.5 Å². The summed E-state index contributed by atoms with van der Waals surface area (Å²) in [4.78, 5) is 0. The summed E-state index contributed by atoms with van der Waals surface area (Å²) in [5.74, 6) is 2.12. The minimum atomic E-state index is -0.363. The van der Waals surface area contributed by atoms with Gasteiger partial charge < -0.3 is 5.11 Å². The summed E-state index contributed by atoms with van der Waals surface area (Å²) in [5, 5.41) is 14.2. The van der Waals surface area contributed by atoms with Gasteiger partial charge in [-0.15, -0.1) is 0 Å². The number of aliphatic hydroxyl groups is 1. The van der Waals surface area contributed by atoms with Gasteiger partial charge in [-0.1, -0.05) is 13.8 Å². The first-order valence-electron chi connectivity index (χ1n) is 5.57. The van der Waals surface area contributed by atoms with Crippen LogP contribution in [0.5, 0.6) is 0 Å². The molecule has 3 nitrogen and oxygen atoms in total. The lowest BCUT2D eigenvalue weighted by atomic mass is 10.2. The van der Waals surface area contributed by atoms with E-state index in [1.807, 2.05) is 22.5 Å². The van der Waals surface area contributed by atoms with Gasteiger partial charge in [0.05, 0.1) is 11.8 Å². The van der Waals surface area contributed by atoms with Crippen LogP contribution in [-0.4, -0.2) is 26.4 Å². The zero-order chi connectivity index (χ0) is 11.1. The molecule has 4 heteroatoms. The lowest BCUT2D eigenvalue weighted by molar-refractivity contribution is 0.163. The van der Waals surface area contributed by atoms with Gasteiger partial charge >= 0.3 is 0 Å². The first-order valence-corrected chi connectivity index (χ1v) is 6.72. The maximum atomic E-state index is 9.97. The first-order chi connectivity index (χ1) is 7.29. The molecule has 1 aromatic rings. The second-order valence-electron chi connectivity index (χ2n) is 3.48. The van der Waals surface area contributed by atoms with Crippen molar-refractivity contribution in [3.63, 3.8) is 0 Å². The second kappa shape index (κ2) is 6.90. The Balaban J connectivity index is 2.48. The molecule has 0 aliphatic heterocycles. The van der Waals surface area contributed by atoms with Crippen LogP contribution < -0.4 is 0 Å². The summed E-state index contributed by atoms with van der Waals surface area (Å²) in [5.41, 5.74) is 0.952. The van der Waals surface area contributed by atoms with Crippen LogP contribution in [-0.2, 0) is 6.54 Å². The molecule has 0 radical (unpaired) electrons. The molecule has 15 heavy (non-hydrogen) atoms. The first kappa shape index (κ1) is 12.6. The fourth-order valence-electron chi connectivity index (χ4n) is 1.51. The number of hydrogen-bond donors (Lipinski definition) is 1. The Morgan fingerprint density at radius 2 is 2.33 bits per heavy atom. The van der Waals surface area contributed by atoms with Gasteiger partial charge in [0.15, 0.2) is 0 Å². The molecule has 0 bridgehead atoms. The van der Waals surface area contributed by atoms with Crippen LogP contribution in [0.2, 0.25) is 0 Å². The van der Waals surface area contributed by atoms with Crippen molar-refractivity contribution < 1.29 is 5.11 Å². The number of rotatable bonds is 7. The molecular formula is C11H20N2OS. The quantitative estimate of drug-likeness (QED) is 0.729. The van der Waals surface area contributed by atoms with E-state index in [0.29, 0.717) is 0 Å². The standard InChI is InChI=1S/C11H20N2OS/c1-3-8-13-10(5-7-12-13)11(14)6-9-15-4-2/h5,7,11,14H,3-4,6,8-9H2,1-2H3. The van der Waals surface area contributed by atoms with Crippen molar-refractivity contribution in [3.05, 3.63) is 18.0 Å². The Morgan fingerprint density at radius 1 is 1.53 bits per heavy atom. The molecule has 0 fully saturated rings. The number of aliphatic hydroxyl groups excluding tert-OH is 1. The van der Waals surface area contributed by atoms with E-state index in [2.05, 4.69) is 18.9 Å². The number of nitrogens with zero attached hydrogens (tertiary/aromatic N) is 2. The lowest BCUT2D eigenvalue weighted by Gasteiger charge is -2.12. The number of hydrogen-bond acceptors (Lipinski definition) is 3. The molecule has 1 aromatic heterocycles. The van der Waals surface area contributed by atoms with Gasteiger partial charge in [-0.2, -0.15) is 16.9 Å². The van der Waals surface area contributed by atoms with Gasteiger partial charge in [0, 0.05) is 12.7 Å². The van der Waals surface area contributed by atoms with E-state index in [-0.39, 0.29) is 6.10 Å². The summed E-state index contributed by atoms with van der Waals surface area (Å²) < 4.78 is 1.90. The summed E-state index contributed by atoms with van der Waals surface area (Å²) in [6.45, 7) is 5.14. The van der Waals surface area contributed by atoms with E-state index >= 15 is 0 Å². The Hall–Kier alpha value is -0.480. The van der Waals surface area contributed by atoms with Crippen molar-refractivity contribution in [2.45, 2.75) is 39.3 Å². The van der Waals surface area contributed by atoms with Crippen molar-refractivity contribution in [3.8, 4) is 0 Å². The van der Waals surface area contributed by atoms with Crippen molar-refractivity contribution in [2.24, 2.45) is 0 Å². The average molecular weight is 228 g/mol. The fraction of sp³-hybridized carbons (Fsp3) is 0.727. The lowest BCUT2D eigenvalue weighted by Crippen LogP contribution is -2.09. The van der Waals surface area contributed by atoms with Crippen molar-refractivity contribution in [1.82, 2.24) is 9.78 Å². The molecule has 0 aliphatic rings. The summed E-state index contributed by atoms with van der Waals surface area (Å²) in [7, 11) is 0. The highest BCUT2D eigenvalue weighted by molar-refractivity contribution is 7.99. The zero-order valence-electron chi connectivity index (χ0n) is 9.52. The Labute approximate surface area is 95.9 Å².